The van der Waals surface area contributed by atoms with Crippen molar-refractivity contribution in [2.45, 2.75) is 59.4 Å². The average Bonchev–Trinajstić information content (AvgIpc) is 2.72. The van der Waals surface area contributed by atoms with Gasteiger partial charge in [0, 0.05) is 5.69 Å². The van der Waals surface area contributed by atoms with Crippen molar-refractivity contribution in [2.24, 2.45) is 11.3 Å². The molecule has 3 rings (SSSR count). The monoisotopic (exact) mass is 371 g/mol. The van der Waals surface area contributed by atoms with Gasteiger partial charge in [-0.05, 0) is 56.1 Å². The Balaban J connectivity index is 1.73. The van der Waals surface area contributed by atoms with Crippen LogP contribution >= 0.6 is 0 Å². The fourth-order valence-electron chi connectivity index (χ4n) is 4.94. The Morgan fingerprint density at radius 2 is 1.96 bits per heavy atom. The van der Waals surface area contributed by atoms with Gasteiger partial charge in [-0.25, -0.2) is 4.79 Å². The summed E-state index contributed by atoms with van der Waals surface area (Å²) in [6, 6.07) is 5.25. The number of hydrogen-bond donors (Lipinski definition) is 2. The molecule has 1 spiro atoms. The van der Waals surface area contributed by atoms with Crippen molar-refractivity contribution >= 4 is 23.5 Å². The normalized spacial score (nSPS) is 27.0. The van der Waals surface area contributed by atoms with Crippen molar-refractivity contribution in [1.29, 1.82) is 0 Å². The van der Waals surface area contributed by atoms with Gasteiger partial charge in [0.2, 0.25) is 5.91 Å². The predicted molar refractivity (Wildman–Crippen MR) is 104 cm³/mol. The summed E-state index contributed by atoms with van der Waals surface area (Å²) in [5, 5.41) is 5.71. The third-order valence-corrected chi connectivity index (χ3v) is 5.58. The molecular weight excluding hydrogens is 342 g/mol. The summed E-state index contributed by atoms with van der Waals surface area (Å²) in [6.07, 6.45) is 2.24. The molecule has 2 fully saturated rings. The summed E-state index contributed by atoms with van der Waals surface area (Å²) in [5.41, 5.74) is 1.84. The summed E-state index contributed by atoms with van der Waals surface area (Å²) in [4.78, 5) is 39.1. The van der Waals surface area contributed by atoms with Crippen LogP contribution in [0.15, 0.2) is 18.2 Å². The minimum atomic E-state index is -0.877. The summed E-state index contributed by atoms with van der Waals surface area (Å²) in [6.45, 7) is 9.99. The molecule has 4 amide bonds. The van der Waals surface area contributed by atoms with Crippen molar-refractivity contribution in [2.75, 3.05) is 11.9 Å². The van der Waals surface area contributed by atoms with Crippen LogP contribution in [0.25, 0.3) is 0 Å². The number of anilines is 1. The first kappa shape index (κ1) is 19.4. The number of nitrogens with one attached hydrogen (secondary N) is 2. The lowest BCUT2D eigenvalue weighted by atomic mass is 9.64. The van der Waals surface area contributed by atoms with Crippen LogP contribution < -0.4 is 10.6 Å². The van der Waals surface area contributed by atoms with Crippen molar-refractivity contribution in [1.82, 2.24) is 10.2 Å². The Hall–Kier alpha value is -2.37. The highest BCUT2D eigenvalue weighted by Crippen LogP contribution is 2.46. The zero-order chi connectivity index (χ0) is 20.0. The van der Waals surface area contributed by atoms with E-state index in [1.165, 1.54) is 0 Å². The van der Waals surface area contributed by atoms with E-state index in [4.69, 9.17) is 0 Å². The number of aryl methyl sites for hydroxylation is 2. The second-order valence-corrected chi connectivity index (χ2v) is 9.12. The molecule has 1 saturated heterocycles. The minimum Gasteiger partial charge on any atom is -0.324 e. The molecule has 2 atom stereocenters. The third-order valence-electron chi connectivity index (χ3n) is 5.58. The smallest absolute Gasteiger partial charge is 0.324 e. The molecule has 0 radical (unpaired) electrons. The number of carbonyl (C=O) groups is 3. The van der Waals surface area contributed by atoms with E-state index >= 15 is 0 Å². The molecular formula is C21H29N3O3. The SMILES string of the molecule is Cc1ccc(NC(=O)CN2C(=O)N[C@]3(C[C@H](C)CC(C)(C)C3)C2=O)c(C)c1. The first-order chi connectivity index (χ1) is 12.5. The summed E-state index contributed by atoms with van der Waals surface area (Å²) in [5.74, 6) is -0.310. The summed E-state index contributed by atoms with van der Waals surface area (Å²) < 4.78 is 0. The Bertz CT molecular complexity index is 802. The molecule has 1 heterocycles. The molecule has 1 aliphatic heterocycles. The van der Waals surface area contributed by atoms with E-state index in [2.05, 4.69) is 31.4 Å². The highest BCUT2D eigenvalue weighted by Gasteiger charge is 2.56. The van der Waals surface area contributed by atoms with Gasteiger partial charge in [-0.2, -0.15) is 0 Å². The highest BCUT2D eigenvalue weighted by atomic mass is 16.2. The van der Waals surface area contributed by atoms with Crippen molar-refractivity contribution in [3.63, 3.8) is 0 Å². The van der Waals surface area contributed by atoms with Crippen LogP contribution in [0.4, 0.5) is 10.5 Å². The van der Waals surface area contributed by atoms with Gasteiger partial charge in [0.05, 0.1) is 0 Å². The van der Waals surface area contributed by atoms with Crippen molar-refractivity contribution in [3.8, 4) is 0 Å². The second kappa shape index (κ2) is 6.66. The molecule has 2 aliphatic rings. The highest BCUT2D eigenvalue weighted by molar-refractivity contribution is 6.10. The zero-order valence-electron chi connectivity index (χ0n) is 16.8. The fraction of sp³-hybridized carbons (Fsp3) is 0.571. The van der Waals surface area contributed by atoms with Crippen molar-refractivity contribution < 1.29 is 14.4 Å². The number of imide groups is 1. The van der Waals surface area contributed by atoms with Gasteiger partial charge in [0.15, 0.2) is 0 Å². The first-order valence-corrected chi connectivity index (χ1v) is 9.53. The number of rotatable bonds is 3. The molecule has 1 aliphatic carbocycles. The van der Waals surface area contributed by atoms with Crippen LogP contribution in [0.5, 0.6) is 0 Å². The van der Waals surface area contributed by atoms with Crippen LogP contribution in [0.1, 0.15) is 51.2 Å². The Morgan fingerprint density at radius 3 is 2.59 bits per heavy atom. The third kappa shape index (κ3) is 3.84. The fourth-order valence-corrected chi connectivity index (χ4v) is 4.94. The zero-order valence-corrected chi connectivity index (χ0v) is 16.8. The number of hydrogen-bond acceptors (Lipinski definition) is 3. The molecule has 1 aromatic carbocycles. The van der Waals surface area contributed by atoms with Gasteiger partial charge < -0.3 is 10.6 Å². The lowest BCUT2D eigenvalue weighted by Crippen LogP contribution is -2.54. The molecule has 0 aromatic heterocycles. The molecule has 0 unspecified atom stereocenters. The quantitative estimate of drug-likeness (QED) is 0.800. The van der Waals surface area contributed by atoms with Crippen LogP contribution in [0, 0.1) is 25.2 Å². The summed E-state index contributed by atoms with van der Waals surface area (Å²) in [7, 11) is 0. The van der Waals surface area contributed by atoms with Crippen LogP contribution in [0.3, 0.4) is 0 Å². The molecule has 27 heavy (non-hydrogen) atoms. The number of amides is 4. The number of nitrogens with zero attached hydrogens (tertiary/aromatic N) is 1. The average molecular weight is 371 g/mol. The van der Waals surface area contributed by atoms with Crippen LogP contribution in [-0.4, -0.2) is 34.8 Å². The van der Waals surface area contributed by atoms with E-state index in [9.17, 15) is 14.4 Å². The molecule has 1 aromatic rings. The lowest BCUT2D eigenvalue weighted by Gasteiger charge is -2.43. The number of benzene rings is 1. The minimum absolute atomic E-state index is 0.0299. The first-order valence-electron chi connectivity index (χ1n) is 9.53. The van der Waals surface area contributed by atoms with E-state index in [1.807, 2.05) is 32.0 Å². The largest absolute Gasteiger partial charge is 0.325 e. The maximum Gasteiger partial charge on any atom is 0.325 e. The maximum absolute atomic E-state index is 13.1. The van der Waals surface area contributed by atoms with Gasteiger partial charge >= 0.3 is 6.03 Å². The van der Waals surface area contributed by atoms with Gasteiger partial charge in [-0.3, -0.25) is 14.5 Å². The molecule has 6 nitrogen and oxygen atoms in total. The maximum atomic E-state index is 13.1. The molecule has 2 N–H and O–H groups in total. The van der Waals surface area contributed by atoms with Gasteiger partial charge in [-0.1, -0.05) is 38.5 Å². The summed E-state index contributed by atoms with van der Waals surface area (Å²) >= 11 is 0. The number of carbonyl (C=O) groups excluding carboxylic acids is 3. The Labute approximate surface area is 160 Å². The van der Waals surface area contributed by atoms with Gasteiger partial charge in [0.1, 0.15) is 12.1 Å². The number of urea groups is 1. The topological polar surface area (TPSA) is 78.5 Å². The van der Waals surface area contributed by atoms with Crippen LogP contribution in [-0.2, 0) is 9.59 Å². The van der Waals surface area contributed by atoms with Crippen molar-refractivity contribution in [3.05, 3.63) is 29.3 Å². The van der Waals surface area contributed by atoms with Gasteiger partial charge in [-0.15, -0.1) is 0 Å². The van der Waals surface area contributed by atoms with E-state index in [-0.39, 0.29) is 23.8 Å². The Morgan fingerprint density at radius 1 is 1.26 bits per heavy atom. The van der Waals surface area contributed by atoms with Gasteiger partial charge in [0.25, 0.3) is 5.91 Å². The lowest BCUT2D eigenvalue weighted by molar-refractivity contribution is -0.136. The Kier molecular flexibility index (Phi) is 4.78. The van der Waals surface area contributed by atoms with E-state index < -0.39 is 11.6 Å². The standard InChI is InChI=1S/C21H29N3O3/c1-13-6-7-16(15(3)8-13)22-17(25)11-24-18(26)21(23-19(24)27)10-14(2)9-20(4,5)12-21/h6-8,14H,9-12H2,1-5H3,(H,22,25)(H,23,27)/t14-,21+/m1/s1. The molecule has 146 valence electrons. The van der Waals surface area contributed by atoms with Crippen LogP contribution in [0.2, 0.25) is 0 Å². The van der Waals surface area contributed by atoms with E-state index in [1.54, 1.807) is 0 Å². The molecule has 1 saturated carbocycles. The van der Waals surface area contributed by atoms with E-state index in [0.29, 0.717) is 24.4 Å². The predicted octanol–water partition coefficient (Wildman–Crippen LogP) is 3.38. The van der Waals surface area contributed by atoms with E-state index in [0.717, 1.165) is 22.4 Å². The molecule has 6 heteroatoms. The molecule has 0 bridgehead atoms. The second-order valence-electron chi connectivity index (χ2n) is 9.12.